The molecule has 1 aromatic carbocycles. The summed E-state index contributed by atoms with van der Waals surface area (Å²) in [6.45, 7) is 0.792. The minimum Gasteiger partial charge on any atom is -0.396 e. The van der Waals surface area contributed by atoms with E-state index in [0.29, 0.717) is 18.3 Å². The van der Waals surface area contributed by atoms with Gasteiger partial charge in [-0.1, -0.05) is 35.5 Å². The van der Waals surface area contributed by atoms with Gasteiger partial charge in [0.2, 0.25) is 5.89 Å². The molecule has 21 heavy (non-hydrogen) atoms. The van der Waals surface area contributed by atoms with Crippen molar-refractivity contribution in [2.45, 2.75) is 44.2 Å². The first kappa shape index (κ1) is 14.2. The second kappa shape index (κ2) is 6.83. The molecule has 5 nitrogen and oxygen atoms in total. The molecular weight excluding hydrogens is 266 g/mol. The Kier molecular flexibility index (Phi) is 4.62. The van der Waals surface area contributed by atoms with Crippen molar-refractivity contribution in [3.8, 4) is 0 Å². The fourth-order valence-electron chi connectivity index (χ4n) is 2.42. The number of benzene rings is 1. The molecule has 1 aliphatic rings. The first-order chi connectivity index (χ1) is 10.4. The van der Waals surface area contributed by atoms with Crippen molar-refractivity contribution >= 4 is 0 Å². The molecule has 2 N–H and O–H groups in total. The maximum absolute atomic E-state index is 9.05. The Hall–Kier alpha value is -1.72. The van der Waals surface area contributed by atoms with Gasteiger partial charge in [-0.2, -0.15) is 4.98 Å². The highest BCUT2D eigenvalue weighted by Gasteiger charge is 2.29. The summed E-state index contributed by atoms with van der Waals surface area (Å²) in [5.41, 5.74) is 1.22. The maximum atomic E-state index is 9.05. The summed E-state index contributed by atoms with van der Waals surface area (Å²) in [6.07, 6.45) is 3.98. The number of rotatable bonds is 8. The summed E-state index contributed by atoms with van der Waals surface area (Å²) in [6, 6.07) is 10.5. The second-order valence-electron chi connectivity index (χ2n) is 5.53. The van der Waals surface area contributed by atoms with Gasteiger partial charge < -0.3 is 14.9 Å². The number of aromatic nitrogens is 2. The second-order valence-corrected chi connectivity index (χ2v) is 5.53. The lowest BCUT2D eigenvalue weighted by Crippen LogP contribution is -2.22. The average Bonchev–Trinajstić information content (AvgIpc) is 3.27. The first-order valence-electron chi connectivity index (χ1n) is 7.58. The van der Waals surface area contributed by atoms with Crippen molar-refractivity contribution in [3.05, 3.63) is 47.6 Å². The monoisotopic (exact) mass is 287 g/mol. The van der Waals surface area contributed by atoms with Crippen molar-refractivity contribution in [3.63, 3.8) is 0 Å². The van der Waals surface area contributed by atoms with Gasteiger partial charge in [-0.05, 0) is 31.2 Å². The molecule has 2 aromatic rings. The van der Waals surface area contributed by atoms with E-state index in [1.54, 1.807) is 0 Å². The normalized spacial score (nSPS) is 16.0. The van der Waals surface area contributed by atoms with E-state index >= 15 is 0 Å². The van der Waals surface area contributed by atoms with E-state index in [-0.39, 0.29) is 12.6 Å². The van der Waals surface area contributed by atoms with Gasteiger partial charge in [-0.3, -0.25) is 0 Å². The number of nitrogens with zero attached hydrogens (tertiary/aromatic N) is 2. The molecule has 5 heteroatoms. The Morgan fingerprint density at radius 1 is 1.29 bits per heavy atom. The molecular formula is C16H21N3O2. The SMILES string of the molecule is OCCCC(NCc1noc(C2CC2)n1)c1ccccc1. The quantitative estimate of drug-likeness (QED) is 0.780. The van der Waals surface area contributed by atoms with E-state index in [1.165, 1.54) is 5.56 Å². The van der Waals surface area contributed by atoms with Gasteiger partial charge in [0, 0.05) is 18.6 Å². The molecule has 1 saturated carbocycles. The van der Waals surface area contributed by atoms with Gasteiger partial charge in [0.25, 0.3) is 0 Å². The largest absolute Gasteiger partial charge is 0.396 e. The van der Waals surface area contributed by atoms with Crippen molar-refractivity contribution in [1.29, 1.82) is 0 Å². The summed E-state index contributed by atoms with van der Waals surface area (Å²) in [5.74, 6) is 1.98. The number of aliphatic hydroxyl groups excluding tert-OH is 1. The third-order valence-corrected chi connectivity index (χ3v) is 3.77. The van der Waals surface area contributed by atoms with E-state index in [9.17, 15) is 0 Å². The molecule has 0 saturated heterocycles. The third kappa shape index (κ3) is 3.89. The third-order valence-electron chi connectivity index (χ3n) is 3.77. The van der Waals surface area contributed by atoms with Crippen molar-refractivity contribution < 1.29 is 9.63 Å². The molecule has 1 aliphatic carbocycles. The highest BCUT2D eigenvalue weighted by molar-refractivity contribution is 5.18. The summed E-state index contributed by atoms with van der Waals surface area (Å²) in [4.78, 5) is 4.43. The Balaban J connectivity index is 1.60. The molecule has 112 valence electrons. The summed E-state index contributed by atoms with van der Waals surface area (Å²) in [7, 11) is 0. The summed E-state index contributed by atoms with van der Waals surface area (Å²) >= 11 is 0. The minimum absolute atomic E-state index is 0.196. The highest BCUT2D eigenvalue weighted by atomic mass is 16.5. The summed E-state index contributed by atoms with van der Waals surface area (Å²) < 4.78 is 5.27. The van der Waals surface area contributed by atoms with Crippen LogP contribution in [-0.4, -0.2) is 21.9 Å². The van der Waals surface area contributed by atoms with Crippen LogP contribution in [0.5, 0.6) is 0 Å². The predicted molar refractivity (Wildman–Crippen MR) is 78.6 cm³/mol. The predicted octanol–water partition coefficient (Wildman–Crippen LogP) is 2.55. The Morgan fingerprint density at radius 3 is 2.81 bits per heavy atom. The Morgan fingerprint density at radius 2 is 2.10 bits per heavy atom. The molecule has 3 rings (SSSR count). The van der Waals surface area contributed by atoms with E-state index < -0.39 is 0 Å². The van der Waals surface area contributed by atoms with Crippen LogP contribution in [0, 0.1) is 0 Å². The molecule has 0 radical (unpaired) electrons. The topological polar surface area (TPSA) is 71.2 Å². The zero-order chi connectivity index (χ0) is 14.5. The van der Waals surface area contributed by atoms with Crippen LogP contribution >= 0.6 is 0 Å². The standard InChI is InChI=1S/C16H21N3O2/c20-10-4-7-14(12-5-2-1-3-6-12)17-11-15-18-16(21-19-15)13-8-9-13/h1-3,5-6,13-14,17,20H,4,7-11H2. The van der Waals surface area contributed by atoms with Crippen LogP contribution in [0.1, 0.15) is 54.9 Å². The minimum atomic E-state index is 0.196. The Labute approximate surface area is 124 Å². The number of aliphatic hydroxyl groups is 1. The summed E-state index contributed by atoms with van der Waals surface area (Å²) in [5, 5.41) is 16.5. The van der Waals surface area contributed by atoms with Crippen molar-refractivity contribution in [2.24, 2.45) is 0 Å². The number of hydrogen-bond acceptors (Lipinski definition) is 5. The van der Waals surface area contributed by atoms with E-state index in [0.717, 1.165) is 31.6 Å². The van der Waals surface area contributed by atoms with Gasteiger partial charge in [0.15, 0.2) is 5.82 Å². The van der Waals surface area contributed by atoms with Crippen LogP contribution in [0.25, 0.3) is 0 Å². The molecule has 1 atom stereocenters. The lowest BCUT2D eigenvalue weighted by molar-refractivity contribution is 0.274. The van der Waals surface area contributed by atoms with Gasteiger partial charge in [0.05, 0.1) is 6.54 Å². The van der Waals surface area contributed by atoms with Gasteiger partial charge in [-0.15, -0.1) is 0 Å². The number of hydrogen-bond donors (Lipinski definition) is 2. The smallest absolute Gasteiger partial charge is 0.229 e. The van der Waals surface area contributed by atoms with E-state index in [4.69, 9.17) is 9.63 Å². The van der Waals surface area contributed by atoms with Crippen LogP contribution in [0.2, 0.25) is 0 Å². The van der Waals surface area contributed by atoms with Gasteiger partial charge >= 0.3 is 0 Å². The Bertz CT molecular complexity index is 552. The van der Waals surface area contributed by atoms with Crippen LogP contribution in [0.3, 0.4) is 0 Å². The molecule has 0 aliphatic heterocycles. The fraction of sp³-hybridized carbons (Fsp3) is 0.500. The average molecular weight is 287 g/mol. The molecule has 1 heterocycles. The zero-order valence-electron chi connectivity index (χ0n) is 12.0. The van der Waals surface area contributed by atoms with E-state index in [1.807, 2.05) is 18.2 Å². The fourth-order valence-corrected chi connectivity index (χ4v) is 2.42. The molecule has 0 amide bonds. The van der Waals surface area contributed by atoms with Gasteiger partial charge in [0.1, 0.15) is 0 Å². The highest BCUT2D eigenvalue weighted by Crippen LogP contribution is 2.38. The molecule has 0 spiro atoms. The van der Waals surface area contributed by atoms with Gasteiger partial charge in [-0.25, -0.2) is 0 Å². The number of nitrogens with one attached hydrogen (secondary N) is 1. The van der Waals surface area contributed by atoms with Crippen molar-refractivity contribution in [1.82, 2.24) is 15.5 Å². The first-order valence-corrected chi connectivity index (χ1v) is 7.58. The lowest BCUT2D eigenvalue weighted by Gasteiger charge is -2.17. The lowest BCUT2D eigenvalue weighted by atomic mass is 10.0. The maximum Gasteiger partial charge on any atom is 0.229 e. The zero-order valence-corrected chi connectivity index (χ0v) is 12.0. The molecule has 1 unspecified atom stereocenters. The van der Waals surface area contributed by atoms with Crippen LogP contribution in [0.15, 0.2) is 34.9 Å². The molecule has 1 aromatic heterocycles. The van der Waals surface area contributed by atoms with Crippen LogP contribution in [0.4, 0.5) is 0 Å². The molecule has 0 bridgehead atoms. The van der Waals surface area contributed by atoms with Crippen LogP contribution < -0.4 is 5.32 Å². The van der Waals surface area contributed by atoms with Crippen LogP contribution in [-0.2, 0) is 6.54 Å². The van der Waals surface area contributed by atoms with Crippen molar-refractivity contribution in [2.75, 3.05) is 6.61 Å². The molecule has 1 fully saturated rings. The van der Waals surface area contributed by atoms with E-state index in [2.05, 4.69) is 27.6 Å².